The molecule has 0 saturated carbocycles. The van der Waals surface area contributed by atoms with Crippen molar-refractivity contribution in [2.45, 2.75) is 38.5 Å². The lowest BCUT2D eigenvalue weighted by molar-refractivity contribution is 0.758. The summed E-state index contributed by atoms with van der Waals surface area (Å²) >= 11 is 9.37. The number of allylic oxidation sites excluding steroid dienone is 2. The molecule has 442 valence electrons. The van der Waals surface area contributed by atoms with Crippen LogP contribution in [0.4, 0.5) is 0 Å². The fourth-order valence-electron chi connectivity index (χ4n) is 14.5. The van der Waals surface area contributed by atoms with E-state index in [0.717, 1.165) is 65.1 Å². The van der Waals surface area contributed by atoms with Crippen LogP contribution in [0.3, 0.4) is 0 Å². The van der Waals surface area contributed by atoms with Gasteiger partial charge in [0.1, 0.15) is 57.5 Å². The molecule has 8 nitrogen and oxygen atoms in total. The Morgan fingerprint density at radius 3 is 1.02 bits per heavy atom. The minimum absolute atomic E-state index is 0.0167. The zero-order valence-electron chi connectivity index (χ0n) is 50.7. The maximum absolute atomic E-state index is 9.59. The lowest BCUT2D eigenvalue weighted by atomic mass is 9.65. The summed E-state index contributed by atoms with van der Waals surface area (Å²) in [6.07, 6.45) is 3.17. The van der Waals surface area contributed by atoms with E-state index in [1.165, 1.54) is 119 Å². The third-order valence-electron chi connectivity index (χ3n) is 18.9. The number of fused-ring (bicyclic) bond motifs is 12. The van der Waals surface area contributed by atoms with Crippen molar-refractivity contribution in [2.75, 3.05) is 0 Å². The van der Waals surface area contributed by atoms with Crippen LogP contribution in [0.5, 0.6) is 0 Å². The first-order valence-corrected chi connectivity index (χ1v) is 35.1. The normalized spacial score (nSPS) is 13.0. The maximum Gasteiger partial charge on any atom is 0.130 e. The molecule has 9 aromatic carbocycles. The average Bonchev–Trinajstić information content (AvgIpc) is 1.50. The molecule has 15 aromatic rings. The second-order valence-corrected chi connectivity index (χ2v) is 29.5. The van der Waals surface area contributed by atoms with Gasteiger partial charge in [0.05, 0.1) is 34.3 Å². The predicted octanol–water partition coefficient (Wildman–Crippen LogP) is 21.7. The first-order valence-electron chi connectivity index (χ1n) is 30.4. The van der Waals surface area contributed by atoms with Gasteiger partial charge in [0.2, 0.25) is 0 Å². The van der Waals surface area contributed by atoms with Crippen LogP contribution in [0.2, 0.25) is 0 Å². The van der Waals surface area contributed by atoms with Gasteiger partial charge in [-0.05, 0) is 167 Å². The van der Waals surface area contributed by atoms with E-state index < -0.39 is 10.8 Å². The van der Waals surface area contributed by atoms with Gasteiger partial charge in [-0.25, -0.2) is 0 Å². The molecule has 0 fully saturated rings. The van der Waals surface area contributed by atoms with E-state index in [0.29, 0.717) is 22.2 Å². The SMILES string of the molecule is Cc1ccc(C2(c3ccc(C)cc3)c3cc4c(cc3-c3c2ccc2sc(-c5ccc(-c6ccc(C=C(C#N)C#N)c7nsnc67)s5)cc32)C(c2ccc(C)cc2)(c2ccc(C)cc2)c2ccc3sc(-c5ccc(-c6ccc(C=C(C#N)C#N)c7nsnc67)s5)cc3c2-4)cc1. The monoisotopic (exact) mass is 1310 g/mol. The van der Waals surface area contributed by atoms with Crippen LogP contribution < -0.4 is 0 Å². The molecular weight excluding hydrogens is 1270 g/mol. The van der Waals surface area contributed by atoms with Crippen molar-refractivity contribution < 1.29 is 0 Å². The molecule has 94 heavy (non-hydrogen) atoms. The quantitative estimate of drug-likeness (QED) is 0.123. The molecule has 0 N–H and O–H groups in total. The van der Waals surface area contributed by atoms with Crippen LogP contribution in [0.25, 0.3) is 117 Å². The zero-order valence-corrected chi connectivity index (χ0v) is 55.6. The molecule has 0 amide bonds. The Bertz CT molecular complexity index is 5470. The van der Waals surface area contributed by atoms with Crippen molar-refractivity contribution in [1.29, 1.82) is 21.0 Å². The van der Waals surface area contributed by atoms with Crippen LogP contribution >= 0.6 is 68.8 Å². The number of aromatic nitrogens is 4. The Morgan fingerprint density at radius 1 is 0.330 bits per heavy atom. The van der Waals surface area contributed by atoms with Crippen molar-refractivity contribution >= 4 is 123 Å². The second kappa shape index (κ2) is 22.0. The third kappa shape index (κ3) is 8.59. The number of hydrogen-bond donors (Lipinski definition) is 0. The van der Waals surface area contributed by atoms with Gasteiger partial charge in [-0.1, -0.05) is 156 Å². The Hall–Kier alpha value is -10.6. The molecule has 0 bridgehead atoms. The van der Waals surface area contributed by atoms with Crippen LogP contribution in [0.1, 0.15) is 77.9 Å². The minimum atomic E-state index is -0.732. The topological polar surface area (TPSA) is 147 Å². The smallest absolute Gasteiger partial charge is 0.130 e. The molecular formula is C80H46N8S6. The molecule has 0 aliphatic heterocycles. The Morgan fingerprint density at radius 2 is 0.670 bits per heavy atom. The van der Waals surface area contributed by atoms with Gasteiger partial charge >= 0.3 is 0 Å². The largest absolute Gasteiger partial charge is 0.192 e. The van der Waals surface area contributed by atoms with E-state index in [9.17, 15) is 21.0 Å². The van der Waals surface area contributed by atoms with E-state index in [4.69, 9.17) is 8.75 Å². The minimum Gasteiger partial charge on any atom is -0.192 e. The highest BCUT2D eigenvalue weighted by molar-refractivity contribution is 7.28. The second-order valence-electron chi connectivity index (χ2n) is 24.1. The number of rotatable bonds is 10. The van der Waals surface area contributed by atoms with Crippen LogP contribution in [0.15, 0.2) is 205 Å². The summed E-state index contributed by atoms with van der Waals surface area (Å²) in [6, 6.07) is 81.4. The molecule has 17 rings (SSSR count). The lowest BCUT2D eigenvalue weighted by Crippen LogP contribution is -2.30. The molecule has 2 aliphatic rings. The molecule has 0 saturated heterocycles. The van der Waals surface area contributed by atoms with Crippen LogP contribution in [0, 0.1) is 73.0 Å². The number of thiophene rings is 4. The van der Waals surface area contributed by atoms with Crippen LogP contribution in [-0.2, 0) is 10.8 Å². The number of benzene rings is 9. The van der Waals surface area contributed by atoms with Gasteiger partial charge in [0.15, 0.2) is 0 Å². The number of hydrogen-bond acceptors (Lipinski definition) is 14. The number of nitrogens with zero attached hydrogens (tertiary/aromatic N) is 8. The van der Waals surface area contributed by atoms with Crippen LogP contribution in [-0.4, -0.2) is 17.5 Å². The molecule has 2 aliphatic carbocycles. The Kier molecular flexibility index (Phi) is 13.4. The highest BCUT2D eigenvalue weighted by Gasteiger charge is 2.52. The van der Waals surface area contributed by atoms with Gasteiger partial charge in [-0.2, -0.15) is 38.5 Å². The molecule has 0 spiro atoms. The first kappa shape index (κ1) is 57.3. The van der Waals surface area contributed by atoms with Crippen molar-refractivity contribution in [3.8, 4) is 86.9 Å². The van der Waals surface area contributed by atoms with Gasteiger partial charge in [-0.3, -0.25) is 0 Å². The standard InChI is InChI=1S/C80H46N8S6/c1-43-5-15-51(16-6-43)79(52-17-7-44(2)8-18-52)61-25-27-67-59(37-71(91-67)69-31-29-65(89-69)55-23-13-49(33-47(39-81)40-82)75-77(55)87-93-85-75)73(61)57-36-64-58(35-63(57)79)74-60-38-72(70-32-30-66(90-70)56-24-14-50(34-48(41-83)42-84)76-78(56)88-94-86-76)92-68(60)28-26-62(74)80(64,53-19-9-45(3)10-20-53)54-21-11-46(4)12-22-54/h5-38H,1-4H3. The van der Waals surface area contributed by atoms with E-state index in [1.54, 1.807) is 34.8 Å². The zero-order chi connectivity index (χ0) is 63.7. The van der Waals surface area contributed by atoms with E-state index in [2.05, 4.69) is 206 Å². The van der Waals surface area contributed by atoms with Crippen molar-refractivity contribution in [1.82, 2.24) is 17.5 Å². The molecule has 14 heteroatoms. The van der Waals surface area contributed by atoms with Gasteiger partial charge in [-0.15, -0.1) is 45.3 Å². The summed E-state index contributed by atoms with van der Waals surface area (Å²) in [7, 11) is 0. The Labute approximate surface area is 565 Å². The van der Waals surface area contributed by atoms with Gasteiger partial charge in [0, 0.05) is 71.7 Å². The molecule has 0 atom stereocenters. The fourth-order valence-corrected chi connectivity index (χ4v) is 20.0. The lowest BCUT2D eigenvalue weighted by Gasteiger charge is -2.35. The van der Waals surface area contributed by atoms with Gasteiger partial charge in [0.25, 0.3) is 0 Å². The van der Waals surface area contributed by atoms with Crippen molar-refractivity contribution in [3.05, 3.63) is 283 Å². The third-order valence-corrected chi connectivity index (χ3v) is 24.7. The van der Waals surface area contributed by atoms with Crippen molar-refractivity contribution in [3.63, 3.8) is 0 Å². The maximum atomic E-state index is 9.59. The summed E-state index contributed by atoms with van der Waals surface area (Å²) in [5.41, 5.74) is 24.2. The first-order chi connectivity index (χ1) is 46.0. The highest BCUT2D eigenvalue weighted by atomic mass is 32.1. The van der Waals surface area contributed by atoms with Crippen molar-refractivity contribution in [2.24, 2.45) is 0 Å². The van der Waals surface area contributed by atoms with Gasteiger partial charge < -0.3 is 0 Å². The Balaban J connectivity index is 0.907. The highest BCUT2D eigenvalue weighted by Crippen LogP contribution is 2.65. The van der Waals surface area contributed by atoms with E-state index in [1.807, 2.05) is 71.2 Å². The summed E-state index contributed by atoms with van der Waals surface area (Å²) < 4.78 is 21.2. The van der Waals surface area contributed by atoms with E-state index in [-0.39, 0.29) is 11.1 Å². The summed E-state index contributed by atoms with van der Waals surface area (Å²) in [6.45, 7) is 8.69. The number of nitriles is 4. The average molecular weight is 1310 g/mol. The molecule has 0 radical (unpaired) electrons. The predicted molar refractivity (Wildman–Crippen MR) is 389 cm³/mol. The fraction of sp³-hybridized carbons (Fsp3) is 0.0750. The molecule has 0 unspecified atom stereocenters. The number of aryl methyl sites for hydroxylation is 4. The summed E-state index contributed by atoms with van der Waals surface area (Å²) in [4.78, 5) is 6.75. The van der Waals surface area contributed by atoms with E-state index >= 15 is 0 Å². The molecule has 6 heterocycles. The molecule has 6 aromatic heterocycles. The summed E-state index contributed by atoms with van der Waals surface area (Å²) in [5.74, 6) is 0. The summed E-state index contributed by atoms with van der Waals surface area (Å²) in [5, 5.41) is 40.8.